The summed E-state index contributed by atoms with van der Waals surface area (Å²) in [5.74, 6) is -0.474. The molecule has 1 unspecified atom stereocenters. The van der Waals surface area contributed by atoms with Crippen molar-refractivity contribution in [2.75, 3.05) is 5.32 Å². The van der Waals surface area contributed by atoms with Crippen LogP contribution in [-0.4, -0.2) is 18.0 Å². The Bertz CT molecular complexity index is 723. The number of carbonyl (C=O) groups excluding carboxylic acids is 2. The standard InChI is InChI=1S/C12H11N3O3S/c1-4-15-8-7-6(18-4)3-2-5(11(13)16)9(7)19-10(8)12(14)17/h2-4,15H,1H3,(H2,13,16)(H2,14,17). The van der Waals surface area contributed by atoms with E-state index in [1.165, 1.54) is 0 Å². The van der Waals surface area contributed by atoms with Gasteiger partial charge in [-0.3, -0.25) is 9.59 Å². The molecule has 0 fully saturated rings. The number of anilines is 1. The summed E-state index contributed by atoms with van der Waals surface area (Å²) >= 11 is 1.15. The van der Waals surface area contributed by atoms with Crippen LogP contribution in [0.25, 0.3) is 10.1 Å². The Morgan fingerprint density at radius 2 is 2.05 bits per heavy atom. The van der Waals surface area contributed by atoms with Gasteiger partial charge in [-0.05, 0) is 19.1 Å². The van der Waals surface area contributed by atoms with Gasteiger partial charge in [0, 0.05) is 0 Å². The van der Waals surface area contributed by atoms with E-state index in [1.807, 2.05) is 6.92 Å². The van der Waals surface area contributed by atoms with Crippen LogP contribution in [0.1, 0.15) is 27.0 Å². The molecule has 2 aromatic rings. The minimum absolute atomic E-state index is 0.275. The molecule has 19 heavy (non-hydrogen) atoms. The molecule has 98 valence electrons. The number of carbonyl (C=O) groups is 2. The predicted octanol–water partition coefficient (Wildman–Crippen LogP) is 1.25. The van der Waals surface area contributed by atoms with Gasteiger partial charge in [-0.2, -0.15) is 0 Å². The molecule has 0 radical (unpaired) electrons. The molecule has 1 aromatic heterocycles. The number of benzene rings is 1. The van der Waals surface area contributed by atoms with E-state index >= 15 is 0 Å². The SMILES string of the molecule is CC1Nc2c(C(N)=O)sc3c(C(N)=O)ccc(c23)O1. The summed E-state index contributed by atoms with van der Waals surface area (Å²) in [5.41, 5.74) is 11.7. The van der Waals surface area contributed by atoms with Crippen LogP contribution in [0.4, 0.5) is 5.69 Å². The molecule has 3 rings (SSSR count). The van der Waals surface area contributed by atoms with E-state index in [0.717, 1.165) is 11.3 Å². The van der Waals surface area contributed by atoms with Crippen molar-refractivity contribution in [3.63, 3.8) is 0 Å². The maximum Gasteiger partial charge on any atom is 0.260 e. The van der Waals surface area contributed by atoms with Gasteiger partial charge in [-0.1, -0.05) is 0 Å². The summed E-state index contributed by atoms with van der Waals surface area (Å²) < 4.78 is 6.24. The molecule has 2 amide bonds. The number of primary amides is 2. The van der Waals surface area contributed by atoms with Gasteiger partial charge in [-0.25, -0.2) is 0 Å². The second kappa shape index (κ2) is 3.86. The Labute approximate surface area is 112 Å². The lowest BCUT2D eigenvalue weighted by molar-refractivity contribution is 0.0994. The highest BCUT2D eigenvalue weighted by atomic mass is 32.1. The van der Waals surface area contributed by atoms with Crippen molar-refractivity contribution in [2.24, 2.45) is 11.5 Å². The van der Waals surface area contributed by atoms with E-state index in [1.54, 1.807) is 12.1 Å². The van der Waals surface area contributed by atoms with Crippen molar-refractivity contribution in [3.8, 4) is 5.75 Å². The lowest BCUT2D eigenvalue weighted by Crippen LogP contribution is -2.27. The molecule has 1 atom stereocenters. The number of amides is 2. The third-order valence-electron chi connectivity index (χ3n) is 2.94. The van der Waals surface area contributed by atoms with Crippen LogP contribution < -0.4 is 21.5 Å². The molecule has 0 aliphatic carbocycles. The highest BCUT2D eigenvalue weighted by Gasteiger charge is 2.27. The molecule has 0 spiro atoms. The molecule has 1 aliphatic heterocycles. The number of rotatable bonds is 2. The molecule has 7 heteroatoms. The summed E-state index contributed by atoms with van der Waals surface area (Å²) in [4.78, 5) is 23.3. The van der Waals surface area contributed by atoms with Crippen molar-refractivity contribution in [3.05, 3.63) is 22.6 Å². The van der Waals surface area contributed by atoms with Gasteiger partial charge in [0.2, 0.25) is 5.91 Å². The predicted molar refractivity (Wildman–Crippen MR) is 72.6 cm³/mol. The molecular formula is C12H11N3O3S. The zero-order valence-corrected chi connectivity index (χ0v) is 10.8. The Hall–Kier alpha value is -2.28. The van der Waals surface area contributed by atoms with Crippen LogP contribution in [-0.2, 0) is 0 Å². The van der Waals surface area contributed by atoms with E-state index in [2.05, 4.69) is 5.32 Å². The molecular weight excluding hydrogens is 266 g/mol. The minimum atomic E-state index is -0.547. The normalized spacial score (nSPS) is 16.8. The van der Waals surface area contributed by atoms with Crippen LogP contribution in [0, 0.1) is 0 Å². The van der Waals surface area contributed by atoms with Gasteiger partial charge in [0.05, 0.1) is 21.3 Å². The summed E-state index contributed by atoms with van der Waals surface area (Å²) in [6.07, 6.45) is -0.275. The van der Waals surface area contributed by atoms with Gasteiger partial charge in [0.1, 0.15) is 10.6 Å². The van der Waals surface area contributed by atoms with Crippen LogP contribution >= 0.6 is 11.3 Å². The van der Waals surface area contributed by atoms with Gasteiger partial charge in [0.15, 0.2) is 6.23 Å². The quantitative estimate of drug-likeness (QED) is 0.767. The summed E-state index contributed by atoms with van der Waals surface area (Å²) in [5, 5.41) is 3.74. The third-order valence-corrected chi connectivity index (χ3v) is 4.18. The van der Waals surface area contributed by atoms with Crippen LogP contribution in [0.5, 0.6) is 5.75 Å². The first-order valence-corrected chi connectivity index (χ1v) is 6.43. The van der Waals surface area contributed by atoms with Gasteiger partial charge in [-0.15, -0.1) is 11.3 Å². The van der Waals surface area contributed by atoms with E-state index in [4.69, 9.17) is 16.2 Å². The summed E-state index contributed by atoms with van der Waals surface area (Å²) in [6.45, 7) is 1.82. The fraction of sp³-hybridized carbons (Fsp3) is 0.167. The number of ether oxygens (including phenoxy) is 1. The number of thiophene rings is 1. The topological polar surface area (TPSA) is 107 Å². The van der Waals surface area contributed by atoms with Gasteiger partial charge < -0.3 is 21.5 Å². The largest absolute Gasteiger partial charge is 0.470 e. The first kappa shape index (κ1) is 11.8. The van der Waals surface area contributed by atoms with E-state index in [-0.39, 0.29) is 6.23 Å². The Morgan fingerprint density at radius 1 is 1.32 bits per heavy atom. The zero-order chi connectivity index (χ0) is 13.7. The van der Waals surface area contributed by atoms with E-state index in [0.29, 0.717) is 32.0 Å². The van der Waals surface area contributed by atoms with Crippen molar-refractivity contribution in [1.29, 1.82) is 0 Å². The Kier molecular flexibility index (Phi) is 2.39. The van der Waals surface area contributed by atoms with Crippen LogP contribution in [0.15, 0.2) is 12.1 Å². The molecule has 2 heterocycles. The number of hydrogen-bond donors (Lipinski definition) is 3. The first-order valence-electron chi connectivity index (χ1n) is 5.61. The summed E-state index contributed by atoms with van der Waals surface area (Å²) in [6, 6.07) is 3.28. The molecule has 1 aromatic carbocycles. The second-order valence-electron chi connectivity index (χ2n) is 4.25. The van der Waals surface area contributed by atoms with Crippen molar-refractivity contribution < 1.29 is 14.3 Å². The van der Waals surface area contributed by atoms with Crippen LogP contribution in [0.2, 0.25) is 0 Å². The number of hydrogen-bond acceptors (Lipinski definition) is 5. The van der Waals surface area contributed by atoms with Crippen molar-refractivity contribution in [2.45, 2.75) is 13.2 Å². The summed E-state index contributed by atoms with van der Waals surface area (Å²) in [7, 11) is 0. The highest BCUT2D eigenvalue weighted by Crippen LogP contribution is 2.45. The zero-order valence-electron chi connectivity index (χ0n) is 10.0. The lowest BCUT2D eigenvalue weighted by Gasteiger charge is -2.24. The van der Waals surface area contributed by atoms with Crippen molar-refractivity contribution in [1.82, 2.24) is 0 Å². The maximum absolute atomic E-state index is 11.5. The fourth-order valence-corrected chi connectivity index (χ4v) is 3.35. The van der Waals surface area contributed by atoms with Crippen molar-refractivity contribution >= 4 is 38.9 Å². The number of nitrogens with two attached hydrogens (primary N) is 2. The van der Waals surface area contributed by atoms with Gasteiger partial charge in [0.25, 0.3) is 5.91 Å². The number of nitrogens with one attached hydrogen (secondary N) is 1. The average molecular weight is 277 g/mol. The monoisotopic (exact) mass is 277 g/mol. The average Bonchev–Trinajstić information content (AvgIpc) is 2.69. The molecule has 6 nitrogen and oxygen atoms in total. The first-order chi connectivity index (χ1) is 8.99. The molecule has 1 aliphatic rings. The van der Waals surface area contributed by atoms with Gasteiger partial charge >= 0.3 is 0 Å². The lowest BCUT2D eigenvalue weighted by atomic mass is 10.1. The molecule has 5 N–H and O–H groups in total. The minimum Gasteiger partial charge on any atom is -0.470 e. The maximum atomic E-state index is 11.5. The third kappa shape index (κ3) is 1.62. The molecule has 0 saturated heterocycles. The molecule has 0 saturated carbocycles. The van der Waals surface area contributed by atoms with E-state index in [9.17, 15) is 9.59 Å². The molecule has 0 bridgehead atoms. The van der Waals surface area contributed by atoms with E-state index < -0.39 is 11.8 Å². The highest BCUT2D eigenvalue weighted by molar-refractivity contribution is 7.22. The smallest absolute Gasteiger partial charge is 0.260 e. The van der Waals surface area contributed by atoms with Crippen LogP contribution in [0.3, 0.4) is 0 Å². The Balaban J connectivity index is 2.41. The fourth-order valence-electron chi connectivity index (χ4n) is 2.20. The Morgan fingerprint density at radius 3 is 2.68 bits per heavy atom. The second-order valence-corrected chi connectivity index (χ2v) is 5.28.